The van der Waals surface area contributed by atoms with Crippen molar-refractivity contribution in [3.8, 4) is 11.5 Å². The van der Waals surface area contributed by atoms with Crippen molar-refractivity contribution in [1.82, 2.24) is 15.2 Å². The fraction of sp³-hybridized carbons (Fsp3) is 0.318. The molecule has 2 amide bonds. The van der Waals surface area contributed by atoms with E-state index in [0.717, 1.165) is 11.1 Å². The lowest BCUT2D eigenvalue weighted by Gasteiger charge is -2.14. The Morgan fingerprint density at radius 2 is 2.06 bits per heavy atom. The molecule has 1 fully saturated rings. The monoisotopic (exact) mass is 441 g/mol. The zero-order valence-corrected chi connectivity index (χ0v) is 18.0. The molecule has 31 heavy (non-hydrogen) atoms. The maximum Gasteiger partial charge on any atom is 0.264 e. The fourth-order valence-corrected chi connectivity index (χ4v) is 4.53. The average molecular weight is 442 g/mol. The van der Waals surface area contributed by atoms with Crippen LogP contribution in [0, 0.1) is 0 Å². The Hall–Kier alpha value is -3.01. The number of hydrogen-bond donors (Lipinski definition) is 2. The number of likely N-dealkylation sites (tertiary alicyclic amines) is 1. The quantitative estimate of drug-likeness (QED) is 0.610. The number of aliphatic hydroxyl groups excluding tert-OH is 1. The van der Waals surface area contributed by atoms with Crippen molar-refractivity contribution in [2.24, 2.45) is 0 Å². The van der Waals surface area contributed by atoms with Gasteiger partial charge < -0.3 is 24.8 Å². The number of pyridine rings is 1. The Morgan fingerprint density at radius 1 is 1.29 bits per heavy atom. The Balaban J connectivity index is 1.54. The first-order valence-corrected chi connectivity index (χ1v) is 10.7. The molecule has 0 spiro atoms. The lowest BCUT2D eigenvalue weighted by Crippen LogP contribution is -2.29. The highest BCUT2D eigenvalue weighted by Gasteiger charge is 2.28. The van der Waals surface area contributed by atoms with Gasteiger partial charge in [-0.15, -0.1) is 11.3 Å². The summed E-state index contributed by atoms with van der Waals surface area (Å²) in [5, 5.41) is 12.4. The molecule has 162 valence electrons. The van der Waals surface area contributed by atoms with Crippen LogP contribution >= 0.6 is 11.3 Å². The molecule has 0 radical (unpaired) electrons. The normalized spacial score (nSPS) is 17.0. The molecule has 1 saturated heterocycles. The molecule has 9 heteroatoms. The summed E-state index contributed by atoms with van der Waals surface area (Å²) in [5.74, 6) is 0.630. The molecule has 1 aromatic carbocycles. The molecule has 3 heterocycles. The highest BCUT2D eigenvalue weighted by Crippen LogP contribution is 2.36. The number of aliphatic hydroxyl groups is 1. The van der Waals surface area contributed by atoms with Crippen molar-refractivity contribution in [2.75, 3.05) is 27.2 Å². The molecule has 0 saturated carbocycles. The van der Waals surface area contributed by atoms with E-state index in [2.05, 4.69) is 10.3 Å². The van der Waals surface area contributed by atoms with Crippen LogP contribution in [-0.4, -0.2) is 60.2 Å². The van der Waals surface area contributed by atoms with Gasteiger partial charge in [-0.3, -0.25) is 14.6 Å². The molecule has 1 aliphatic heterocycles. The molecule has 1 unspecified atom stereocenters. The number of thiophene rings is 1. The molecule has 3 aromatic rings. The molecule has 2 atom stereocenters. The van der Waals surface area contributed by atoms with E-state index in [4.69, 9.17) is 9.47 Å². The molecule has 0 aliphatic carbocycles. The van der Waals surface area contributed by atoms with E-state index in [0.29, 0.717) is 40.5 Å². The minimum atomic E-state index is -1.24. The third-order valence-electron chi connectivity index (χ3n) is 5.27. The van der Waals surface area contributed by atoms with Gasteiger partial charge in [0.1, 0.15) is 11.5 Å². The molecule has 2 N–H and O–H groups in total. The summed E-state index contributed by atoms with van der Waals surface area (Å²) in [7, 11) is 3.13. The van der Waals surface area contributed by atoms with E-state index in [1.165, 1.54) is 18.4 Å². The number of methoxy groups -OCH3 is 1. The van der Waals surface area contributed by atoms with Crippen molar-refractivity contribution in [3.63, 3.8) is 0 Å². The van der Waals surface area contributed by atoms with Crippen LogP contribution in [0.1, 0.15) is 27.8 Å². The van der Waals surface area contributed by atoms with Crippen molar-refractivity contribution in [2.45, 2.75) is 18.6 Å². The SMILES string of the molecule is CNC(=O)C(O)c1ccc(Oc2ccnc3cc(C(=O)N4CC[C@@H](OC)C4)sc23)cc1. The predicted octanol–water partition coefficient (Wildman–Crippen LogP) is 2.73. The van der Waals surface area contributed by atoms with Crippen LogP contribution in [0.5, 0.6) is 11.5 Å². The van der Waals surface area contributed by atoms with Gasteiger partial charge in [0.25, 0.3) is 11.8 Å². The molecule has 8 nitrogen and oxygen atoms in total. The van der Waals surface area contributed by atoms with Gasteiger partial charge in [-0.1, -0.05) is 12.1 Å². The van der Waals surface area contributed by atoms with Gasteiger partial charge in [0.15, 0.2) is 6.10 Å². The predicted molar refractivity (Wildman–Crippen MR) is 116 cm³/mol. The van der Waals surface area contributed by atoms with Gasteiger partial charge in [0.05, 0.1) is 21.2 Å². The highest BCUT2D eigenvalue weighted by molar-refractivity contribution is 7.21. The number of benzene rings is 1. The van der Waals surface area contributed by atoms with E-state index in [1.807, 2.05) is 0 Å². The summed E-state index contributed by atoms with van der Waals surface area (Å²) in [6.45, 7) is 1.27. The molecule has 4 rings (SSSR count). The number of fused-ring (bicyclic) bond motifs is 1. The number of aromatic nitrogens is 1. The second-order valence-corrected chi connectivity index (χ2v) is 8.27. The van der Waals surface area contributed by atoms with Crippen LogP contribution in [0.4, 0.5) is 0 Å². The number of carbonyl (C=O) groups is 2. The zero-order valence-electron chi connectivity index (χ0n) is 17.2. The van der Waals surface area contributed by atoms with Crippen molar-refractivity contribution < 1.29 is 24.2 Å². The third-order valence-corrected chi connectivity index (χ3v) is 6.40. The first kappa shape index (κ1) is 21.2. The van der Waals surface area contributed by atoms with E-state index in [1.54, 1.807) is 54.6 Å². The van der Waals surface area contributed by atoms with Crippen LogP contribution < -0.4 is 10.1 Å². The molecule has 0 bridgehead atoms. The van der Waals surface area contributed by atoms with Crippen LogP contribution in [0.2, 0.25) is 0 Å². The Kier molecular flexibility index (Phi) is 6.17. The second-order valence-electron chi connectivity index (χ2n) is 7.22. The number of nitrogens with one attached hydrogen (secondary N) is 1. The maximum atomic E-state index is 12.9. The average Bonchev–Trinajstić information content (AvgIpc) is 3.46. The fourth-order valence-electron chi connectivity index (χ4n) is 3.49. The minimum Gasteiger partial charge on any atom is -0.456 e. The lowest BCUT2D eigenvalue weighted by atomic mass is 10.1. The van der Waals surface area contributed by atoms with Crippen LogP contribution in [0.25, 0.3) is 10.2 Å². The standard InChI is InChI=1S/C22H23N3O5S/c1-23-21(27)19(26)13-3-5-14(6-4-13)30-17-7-9-24-16-11-18(31-20(16)17)22(28)25-10-8-15(12-25)29-2/h3-7,9,11,15,19,26H,8,10,12H2,1-2H3,(H,23,27)/t15-,19?/m1/s1. The van der Waals surface area contributed by atoms with E-state index in [-0.39, 0.29) is 12.0 Å². The Labute approximate surface area is 183 Å². The molecular formula is C22H23N3O5S. The van der Waals surface area contributed by atoms with Gasteiger partial charge in [0.2, 0.25) is 0 Å². The number of hydrogen-bond acceptors (Lipinski definition) is 7. The van der Waals surface area contributed by atoms with Crippen molar-refractivity contribution in [1.29, 1.82) is 0 Å². The minimum absolute atomic E-state index is 0.0268. The summed E-state index contributed by atoms with van der Waals surface area (Å²) in [6.07, 6.45) is 1.32. The van der Waals surface area contributed by atoms with Gasteiger partial charge in [0, 0.05) is 39.5 Å². The Morgan fingerprint density at radius 3 is 2.74 bits per heavy atom. The first-order valence-electron chi connectivity index (χ1n) is 9.88. The number of rotatable bonds is 6. The molecule has 2 aromatic heterocycles. The first-order chi connectivity index (χ1) is 15.0. The molecule has 1 aliphatic rings. The summed E-state index contributed by atoms with van der Waals surface area (Å²) in [4.78, 5) is 31.3. The van der Waals surface area contributed by atoms with Crippen molar-refractivity contribution in [3.05, 3.63) is 53.0 Å². The van der Waals surface area contributed by atoms with E-state index >= 15 is 0 Å². The van der Waals surface area contributed by atoms with Gasteiger partial charge in [-0.05, 0) is 30.2 Å². The third kappa shape index (κ3) is 4.39. The maximum absolute atomic E-state index is 12.9. The summed E-state index contributed by atoms with van der Waals surface area (Å²) >= 11 is 1.35. The summed E-state index contributed by atoms with van der Waals surface area (Å²) in [5.41, 5.74) is 1.16. The summed E-state index contributed by atoms with van der Waals surface area (Å²) in [6, 6.07) is 10.2. The zero-order chi connectivity index (χ0) is 22.0. The Bertz CT molecular complexity index is 1100. The van der Waals surface area contributed by atoms with Gasteiger partial charge >= 0.3 is 0 Å². The van der Waals surface area contributed by atoms with Crippen LogP contribution in [0.3, 0.4) is 0 Å². The highest BCUT2D eigenvalue weighted by atomic mass is 32.1. The van der Waals surface area contributed by atoms with Gasteiger partial charge in [-0.25, -0.2) is 0 Å². The summed E-state index contributed by atoms with van der Waals surface area (Å²) < 4.78 is 12.1. The smallest absolute Gasteiger partial charge is 0.264 e. The van der Waals surface area contributed by atoms with E-state index in [9.17, 15) is 14.7 Å². The lowest BCUT2D eigenvalue weighted by molar-refractivity contribution is -0.129. The van der Waals surface area contributed by atoms with E-state index < -0.39 is 12.0 Å². The number of nitrogens with zero attached hydrogens (tertiary/aromatic N) is 2. The number of amides is 2. The number of likely N-dealkylation sites (N-methyl/N-ethyl adjacent to an activating group) is 1. The van der Waals surface area contributed by atoms with Crippen molar-refractivity contribution >= 4 is 33.4 Å². The topological polar surface area (TPSA) is 101 Å². The van der Waals surface area contributed by atoms with Gasteiger partial charge in [-0.2, -0.15) is 0 Å². The molecular weight excluding hydrogens is 418 g/mol. The van der Waals surface area contributed by atoms with Crippen LogP contribution in [0.15, 0.2) is 42.6 Å². The number of ether oxygens (including phenoxy) is 2. The number of carbonyl (C=O) groups excluding carboxylic acids is 2. The second kappa shape index (κ2) is 9.01. The van der Waals surface area contributed by atoms with Crippen LogP contribution in [-0.2, 0) is 9.53 Å². The largest absolute Gasteiger partial charge is 0.456 e.